The van der Waals surface area contributed by atoms with Crippen molar-refractivity contribution in [1.82, 2.24) is 5.32 Å². The molecule has 0 bridgehead atoms. The Hall–Kier alpha value is -2.54. The fourth-order valence-corrected chi connectivity index (χ4v) is 12.1. The monoisotopic (exact) mass is 689 g/mol. The topological polar surface area (TPSA) is 136 Å². The summed E-state index contributed by atoms with van der Waals surface area (Å²) in [7, 11) is 0. The Morgan fingerprint density at radius 2 is 1.44 bits per heavy atom. The van der Waals surface area contributed by atoms with E-state index >= 15 is 0 Å². The summed E-state index contributed by atoms with van der Waals surface area (Å²) in [5, 5.41) is 2.53. The van der Waals surface area contributed by atoms with E-state index in [2.05, 4.69) is 15.2 Å². The van der Waals surface area contributed by atoms with Crippen LogP contribution < -0.4 is 18.4 Å². The molecular weight excluding hydrogens is 641 g/mol. The maximum absolute atomic E-state index is 12.7. The van der Waals surface area contributed by atoms with Crippen molar-refractivity contribution in [1.29, 1.82) is 0 Å². The Morgan fingerprint density at radius 3 is 1.90 bits per heavy atom. The summed E-state index contributed by atoms with van der Waals surface area (Å²) >= 11 is -3.21. The van der Waals surface area contributed by atoms with Crippen LogP contribution >= 0.6 is 0 Å². The molecule has 1 atom stereocenters. The molecule has 0 radical (unpaired) electrons. The SMILES string of the molecule is CCOCC[CH2][Sn]([CH3])([CH3])[c]1cc(OC(=O)OC(C)(C)C)c(OC(=O)OC(C)(C)C)cc1CC(NC=O)C(=O)OCC. The maximum atomic E-state index is 12.7. The third-order valence-corrected chi connectivity index (χ3v) is 15.7. The second kappa shape index (κ2) is 16.2. The number of ether oxygens (including phenoxy) is 6. The Morgan fingerprint density at radius 1 is 0.902 bits per heavy atom. The van der Waals surface area contributed by atoms with Crippen molar-refractivity contribution >= 4 is 46.6 Å². The van der Waals surface area contributed by atoms with Crippen LogP contribution in [0, 0.1) is 0 Å². The van der Waals surface area contributed by atoms with Crippen molar-refractivity contribution in [2.24, 2.45) is 0 Å². The van der Waals surface area contributed by atoms with E-state index in [-0.39, 0.29) is 24.5 Å². The van der Waals surface area contributed by atoms with Gasteiger partial charge in [0, 0.05) is 0 Å². The number of nitrogens with one attached hydrogen (secondary N) is 1. The van der Waals surface area contributed by atoms with E-state index in [1.54, 1.807) is 60.6 Å². The zero-order valence-electron chi connectivity index (χ0n) is 26.1. The molecule has 11 nitrogen and oxygen atoms in total. The molecule has 1 aromatic carbocycles. The Kier molecular flexibility index (Phi) is 14.4. The van der Waals surface area contributed by atoms with Gasteiger partial charge in [-0.05, 0) is 0 Å². The van der Waals surface area contributed by atoms with E-state index in [0.717, 1.165) is 14.4 Å². The number of esters is 1. The third kappa shape index (κ3) is 13.8. The quantitative estimate of drug-likeness (QED) is 0.0720. The first-order valence-corrected chi connectivity index (χ1v) is 23.0. The first-order chi connectivity index (χ1) is 18.9. The predicted octanol–water partition coefficient (Wildman–Crippen LogP) is 4.88. The minimum absolute atomic E-state index is 0.0190. The van der Waals surface area contributed by atoms with Gasteiger partial charge in [0.05, 0.1) is 0 Å². The number of carbonyl (C=O) groups excluding carboxylic acids is 4. The summed E-state index contributed by atoms with van der Waals surface area (Å²) in [6.45, 7) is 15.1. The molecule has 0 aromatic heterocycles. The molecule has 1 amide bonds. The first kappa shape index (κ1) is 36.5. The second-order valence-corrected chi connectivity index (χ2v) is 25.8. The van der Waals surface area contributed by atoms with Crippen molar-refractivity contribution in [2.75, 3.05) is 19.8 Å². The van der Waals surface area contributed by atoms with Crippen LogP contribution in [-0.2, 0) is 35.0 Å². The molecule has 0 fully saturated rings. The zero-order chi connectivity index (χ0) is 31.4. The molecule has 232 valence electrons. The summed E-state index contributed by atoms with van der Waals surface area (Å²) in [5.74, 6) is -0.706. The summed E-state index contributed by atoms with van der Waals surface area (Å²) in [4.78, 5) is 53.8. The van der Waals surface area contributed by atoms with Crippen LogP contribution in [0.1, 0.15) is 67.4 Å². The number of hydrogen-bond donors (Lipinski definition) is 1. The predicted molar refractivity (Wildman–Crippen MR) is 157 cm³/mol. The summed E-state index contributed by atoms with van der Waals surface area (Å²) in [5.41, 5.74) is -1.00. The molecule has 0 aliphatic rings. The third-order valence-electron chi connectivity index (χ3n) is 5.62. The van der Waals surface area contributed by atoms with Crippen LogP contribution in [0.2, 0.25) is 14.3 Å². The van der Waals surface area contributed by atoms with Gasteiger partial charge < -0.3 is 0 Å². The fraction of sp³-hybridized carbons (Fsp3) is 0.655. The fourth-order valence-electron chi connectivity index (χ4n) is 3.93. The molecule has 1 N–H and O–H groups in total. The number of amides is 1. The Labute approximate surface area is 247 Å². The van der Waals surface area contributed by atoms with Gasteiger partial charge in [-0.15, -0.1) is 0 Å². The van der Waals surface area contributed by atoms with Gasteiger partial charge in [0.2, 0.25) is 0 Å². The van der Waals surface area contributed by atoms with Gasteiger partial charge in [-0.25, -0.2) is 0 Å². The van der Waals surface area contributed by atoms with E-state index in [1.165, 1.54) is 0 Å². The van der Waals surface area contributed by atoms with E-state index < -0.39 is 53.9 Å². The average Bonchev–Trinajstić information content (AvgIpc) is 2.80. The molecule has 0 heterocycles. The molecule has 1 unspecified atom stereocenters. The summed E-state index contributed by atoms with van der Waals surface area (Å²) < 4.78 is 34.3. The van der Waals surface area contributed by atoms with Crippen LogP contribution in [0.4, 0.5) is 9.59 Å². The number of hydrogen-bond acceptors (Lipinski definition) is 10. The molecule has 0 spiro atoms. The van der Waals surface area contributed by atoms with E-state index in [0.29, 0.717) is 25.2 Å². The molecule has 0 aliphatic carbocycles. The number of rotatable bonds is 14. The van der Waals surface area contributed by atoms with Gasteiger partial charge in [-0.1, -0.05) is 0 Å². The molecule has 1 rings (SSSR count). The van der Waals surface area contributed by atoms with Crippen molar-refractivity contribution in [3.8, 4) is 11.5 Å². The van der Waals surface area contributed by atoms with Crippen molar-refractivity contribution in [2.45, 2.75) is 99.8 Å². The van der Waals surface area contributed by atoms with Crippen molar-refractivity contribution < 1.29 is 47.6 Å². The second-order valence-electron chi connectivity index (χ2n) is 12.1. The Balaban J connectivity index is 3.74. The summed E-state index contributed by atoms with van der Waals surface area (Å²) in [6, 6.07) is 2.25. The normalized spacial score (nSPS) is 12.6. The zero-order valence-corrected chi connectivity index (χ0v) is 29.0. The molecular formula is C29H47NO10Sn. The number of benzene rings is 1. The van der Waals surface area contributed by atoms with E-state index in [4.69, 9.17) is 28.4 Å². The summed E-state index contributed by atoms with van der Waals surface area (Å²) in [6.07, 6.45) is -0.645. The van der Waals surface area contributed by atoms with Gasteiger partial charge in [-0.3, -0.25) is 0 Å². The van der Waals surface area contributed by atoms with E-state index in [9.17, 15) is 19.2 Å². The molecule has 0 saturated carbocycles. The standard InChI is InChI=1S/C22H30NO9.C5H11O.2CH3.Sn/c1-8-28-18(25)15(23-13-24)11-14-9-10-16(29-19(26)31-21(2,3)4)17(12-14)30-20(27)32-22(5,6)7;1-3-5-6-4-2;;;/h10,12-13,15H,8,11H2,1-7H3,(H,23,24);1,3-5H2,2H3;2*1H3;. The van der Waals surface area contributed by atoms with Crippen LogP contribution in [0.15, 0.2) is 12.1 Å². The van der Waals surface area contributed by atoms with Crippen LogP contribution in [0.5, 0.6) is 11.5 Å². The minimum atomic E-state index is -3.21. The molecule has 1 aromatic rings. The number of carbonyl (C=O) groups is 4. The van der Waals surface area contributed by atoms with Crippen LogP contribution in [-0.4, -0.2) is 80.1 Å². The van der Waals surface area contributed by atoms with Crippen LogP contribution in [0.25, 0.3) is 0 Å². The molecule has 0 aliphatic heterocycles. The first-order valence-electron chi connectivity index (χ1n) is 13.9. The van der Waals surface area contributed by atoms with Gasteiger partial charge >= 0.3 is 248 Å². The van der Waals surface area contributed by atoms with Crippen LogP contribution in [0.3, 0.4) is 0 Å². The average molecular weight is 688 g/mol. The molecule has 12 heteroatoms. The van der Waals surface area contributed by atoms with Gasteiger partial charge in [0.25, 0.3) is 0 Å². The van der Waals surface area contributed by atoms with Crippen molar-refractivity contribution in [3.63, 3.8) is 0 Å². The van der Waals surface area contributed by atoms with Gasteiger partial charge in [0.15, 0.2) is 0 Å². The van der Waals surface area contributed by atoms with Gasteiger partial charge in [-0.2, -0.15) is 0 Å². The van der Waals surface area contributed by atoms with Crippen molar-refractivity contribution in [3.05, 3.63) is 17.7 Å². The molecule has 41 heavy (non-hydrogen) atoms. The Bertz CT molecular complexity index is 1040. The molecule has 0 saturated heterocycles. The van der Waals surface area contributed by atoms with E-state index in [1.807, 2.05) is 6.92 Å². The van der Waals surface area contributed by atoms with Gasteiger partial charge in [0.1, 0.15) is 0 Å².